The molecule has 0 nitrogen and oxygen atoms in total. The van der Waals surface area contributed by atoms with Crippen molar-refractivity contribution in [1.82, 2.24) is 0 Å². The van der Waals surface area contributed by atoms with Gasteiger partial charge in [0.05, 0.1) is 5.56 Å². The Kier molecular flexibility index (Phi) is 4.27. The van der Waals surface area contributed by atoms with Crippen LogP contribution in [0.4, 0.5) is 4.39 Å². The van der Waals surface area contributed by atoms with Gasteiger partial charge in [-0.2, -0.15) is 0 Å². The topological polar surface area (TPSA) is 0 Å². The van der Waals surface area contributed by atoms with E-state index in [9.17, 15) is 4.39 Å². The second-order valence-corrected chi connectivity index (χ2v) is 3.59. The van der Waals surface area contributed by atoms with Gasteiger partial charge in [0.15, 0.2) is 0 Å². The van der Waals surface area contributed by atoms with Crippen LogP contribution in [0.5, 0.6) is 0 Å². The predicted octanol–water partition coefficient (Wildman–Crippen LogP) is 3.62. The molecule has 0 N–H and O–H groups in total. The van der Waals surface area contributed by atoms with Crippen molar-refractivity contribution in [3.63, 3.8) is 0 Å². The molecule has 1 aromatic rings. The molecular formula is C10H7BrClF. The summed E-state index contributed by atoms with van der Waals surface area (Å²) in [5.41, 5.74) is 0.355. The highest BCUT2D eigenvalue weighted by molar-refractivity contribution is 9.09. The maximum atomic E-state index is 13.0. The van der Waals surface area contributed by atoms with Crippen molar-refractivity contribution in [3.05, 3.63) is 34.6 Å². The molecule has 0 atom stereocenters. The molecule has 3 heteroatoms. The summed E-state index contributed by atoms with van der Waals surface area (Å²) in [6.07, 6.45) is 0.700. The molecule has 13 heavy (non-hydrogen) atoms. The molecule has 68 valence electrons. The first-order chi connectivity index (χ1) is 6.24. The molecule has 1 rings (SSSR count). The van der Waals surface area contributed by atoms with Gasteiger partial charge in [0, 0.05) is 16.8 Å². The van der Waals surface area contributed by atoms with Crippen LogP contribution in [0.25, 0.3) is 0 Å². The van der Waals surface area contributed by atoms with Gasteiger partial charge in [0.2, 0.25) is 0 Å². The minimum Gasteiger partial charge on any atom is -0.206 e. The second-order valence-electron chi connectivity index (χ2n) is 2.36. The minimum absolute atomic E-state index is 0.327. The molecule has 0 aromatic heterocycles. The number of halogens is 3. The van der Waals surface area contributed by atoms with E-state index in [-0.39, 0.29) is 5.82 Å². The van der Waals surface area contributed by atoms with Crippen LogP contribution < -0.4 is 0 Å². The lowest BCUT2D eigenvalue weighted by Gasteiger charge is -1.94. The van der Waals surface area contributed by atoms with Crippen LogP contribution in [0.15, 0.2) is 18.2 Å². The number of benzene rings is 1. The molecule has 0 fully saturated rings. The monoisotopic (exact) mass is 260 g/mol. The average Bonchev–Trinajstić information content (AvgIpc) is 2.11. The SMILES string of the molecule is Fc1ccc(Cl)cc1C#CCCBr. The summed E-state index contributed by atoms with van der Waals surface area (Å²) in [4.78, 5) is 0. The lowest BCUT2D eigenvalue weighted by Crippen LogP contribution is -1.82. The standard InChI is InChI=1S/C10H7BrClF/c11-6-2-1-3-8-7-9(12)4-5-10(8)13/h4-5,7H,2,6H2. The van der Waals surface area contributed by atoms with Gasteiger partial charge in [-0.1, -0.05) is 39.4 Å². The van der Waals surface area contributed by atoms with E-state index in [1.54, 1.807) is 0 Å². The summed E-state index contributed by atoms with van der Waals surface area (Å²) < 4.78 is 13.0. The van der Waals surface area contributed by atoms with Crippen molar-refractivity contribution >= 4 is 27.5 Å². The first-order valence-electron chi connectivity index (χ1n) is 3.74. The summed E-state index contributed by atoms with van der Waals surface area (Å²) in [5.74, 6) is 5.21. The van der Waals surface area contributed by atoms with Gasteiger partial charge in [-0.05, 0) is 18.2 Å². The zero-order chi connectivity index (χ0) is 9.68. The Labute approximate surface area is 90.2 Å². The average molecular weight is 262 g/mol. The van der Waals surface area contributed by atoms with E-state index in [0.29, 0.717) is 17.0 Å². The maximum absolute atomic E-state index is 13.0. The Bertz CT molecular complexity index is 352. The summed E-state index contributed by atoms with van der Waals surface area (Å²) in [7, 11) is 0. The predicted molar refractivity (Wildman–Crippen MR) is 56.7 cm³/mol. The maximum Gasteiger partial charge on any atom is 0.138 e. The van der Waals surface area contributed by atoms with Gasteiger partial charge < -0.3 is 0 Å². The van der Waals surface area contributed by atoms with Gasteiger partial charge in [-0.25, -0.2) is 4.39 Å². The number of alkyl halides is 1. The Balaban J connectivity index is 2.89. The third-order valence-corrected chi connectivity index (χ3v) is 2.00. The first-order valence-corrected chi connectivity index (χ1v) is 5.24. The molecule has 0 saturated heterocycles. The lowest BCUT2D eigenvalue weighted by molar-refractivity contribution is 0.624. The lowest BCUT2D eigenvalue weighted by atomic mass is 10.2. The molecule has 0 heterocycles. The summed E-state index contributed by atoms with van der Waals surface area (Å²) in [5, 5.41) is 1.30. The van der Waals surface area contributed by atoms with Gasteiger partial charge in [0.1, 0.15) is 5.82 Å². The van der Waals surface area contributed by atoms with E-state index in [0.717, 1.165) is 5.33 Å². The third-order valence-electron chi connectivity index (χ3n) is 1.37. The van der Waals surface area contributed by atoms with E-state index in [1.807, 2.05) is 0 Å². The number of hydrogen-bond acceptors (Lipinski definition) is 0. The van der Waals surface area contributed by atoms with Crippen LogP contribution >= 0.6 is 27.5 Å². The Morgan fingerprint density at radius 2 is 2.23 bits per heavy atom. The Morgan fingerprint density at radius 3 is 2.92 bits per heavy atom. The quantitative estimate of drug-likeness (QED) is 0.535. The molecular weight excluding hydrogens is 254 g/mol. The van der Waals surface area contributed by atoms with Crippen LogP contribution in [0, 0.1) is 17.7 Å². The van der Waals surface area contributed by atoms with Crippen molar-refractivity contribution in [2.45, 2.75) is 6.42 Å². The highest BCUT2D eigenvalue weighted by atomic mass is 79.9. The van der Waals surface area contributed by atoms with Gasteiger partial charge >= 0.3 is 0 Å². The Hall–Kier alpha value is -0.520. The number of hydrogen-bond donors (Lipinski definition) is 0. The van der Waals surface area contributed by atoms with Gasteiger partial charge in [0.25, 0.3) is 0 Å². The van der Waals surface area contributed by atoms with E-state index in [4.69, 9.17) is 11.6 Å². The molecule has 0 spiro atoms. The summed E-state index contributed by atoms with van der Waals surface area (Å²) >= 11 is 8.92. The van der Waals surface area contributed by atoms with Gasteiger partial charge in [-0.3, -0.25) is 0 Å². The number of rotatable bonds is 1. The van der Waals surface area contributed by atoms with Crippen molar-refractivity contribution in [2.24, 2.45) is 0 Å². The zero-order valence-electron chi connectivity index (χ0n) is 6.78. The first kappa shape index (κ1) is 10.6. The zero-order valence-corrected chi connectivity index (χ0v) is 9.12. The fourth-order valence-electron chi connectivity index (χ4n) is 0.798. The van der Waals surface area contributed by atoms with E-state index >= 15 is 0 Å². The normalized spacial score (nSPS) is 9.15. The molecule has 0 radical (unpaired) electrons. The fourth-order valence-corrected chi connectivity index (χ4v) is 1.17. The molecule has 0 unspecified atom stereocenters. The smallest absolute Gasteiger partial charge is 0.138 e. The molecule has 0 aliphatic heterocycles. The molecule has 0 aliphatic carbocycles. The van der Waals surface area contributed by atoms with Crippen LogP contribution in [0.1, 0.15) is 12.0 Å². The van der Waals surface area contributed by atoms with E-state index < -0.39 is 0 Å². The van der Waals surface area contributed by atoms with Crippen molar-refractivity contribution in [2.75, 3.05) is 5.33 Å². The van der Waals surface area contributed by atoms with E-state index in [2.05, 4.69) is 27.8 Å². The van der Waals surface area contributed by atoms with Crippen LogP contribution in [-0.2, 0) is 0 Å². The third kappa shape index (κ3) is 3.38. The summed E-state index contributed by atoms with van der Waals surface area (Å²) in [6, 6.07) is 4.35. The molecule has 0 bridgehead atoms. The summed E-state index contributed by atoms with van der Waals surface area (Å²) in [6.45, 7) is 0. The minimum atomic E-state index is -0.327. The molecule has 1 aromatic carbocycles. The van der Waals surface area contributed by atoms with Gasteiger partial charge in [-0.15, -0.1) is 0 Å². The fraction of sp³-hybridized carbons (Fsp3) is 0.200. The highest BCUT2D eigenvalue weighted by Gasteiger charge is 1.98. The van der Waals surface area contributed by atoms with Crippen LogP contribution in [0.3, 0.4) is 0 Å². The highest BCUT2D eigenvalue weighted by Crippen LogP contribution is 2.13. The Morgan fingerprint density at radius 1 is 1.46 bits per heavy atom. The second kappa shape index (κ2) is 5.26. The van der Waals surface area contributed by atoms with Crippen molar-refractivity contribution < 1.29 is 4.39 Å². The molecule has 0 saturated carbocycles. The largest absolute Gasteiger partial charge is 0.206 e. The van der Waals surface area contributed by atoms with Crippen LogP contribution in [0.2, 0.25) is 5.02 Å². The van der Waals surface area contributed by atoms with Crippen LogP contribution in [-0.4, -0.2) is 5.33 Å². The van der Waals surface area contributed by atoms with E-state index in [1.165, 1.54) is 18.2 Å². The molecule has 0 aliphatic rings. The van der Waals surface area contributed by atoms with Crippen molar-refractivity contribution in [1.29, 1.82) is 0 Å². The molecule has 0 amide bonds. The van der Waals surface area contributed by atoms with Crippen molar-refractivity contribution in [3.8, 4) is 11.8 Å².